The molecule has 0 aromatic heterocycles. The molecule has 4 heteroatoms. The molecule has 1 unspecified atom stereocenters. The normalized spacial score (nSPS) is 11.7. The lowest BCUT2D eigenvalue weighted by Crippen LogP contribution is -2.34. The summed E-state index contributed by atoms with van der Waals surface area (Å²) in [7, 11) is 0. The van der Waals surface area contributed by atoms with Crippen molar-refractivity contribution < 1.29 is 4.79 Å². The van der Waals surface area contributed by atoms with Crippen molar-refractivity contribution in [1.29, 1.82) is 5.26 Å². The predicted molar refractivity (Wildman–Crippen MR) is 72.3 cm³/mol. The molecule has 0 radical (unpaired) electrons. The summed E-state index contributed by atoms with van der Waals surface area (Å²) in [5.41, 5.74) is 2.20. The summed E-state index contributed by atoms with van der Waals surface area (Å²) >= 11 is 0. The third kappa shape index (κ3) is 4.19. The van der Waals surface area contributed by atoms with E-state index in [0.717, 1.165) is 12.0 Å². The Hall–Kier alpha value is -1.86. The predicted octanol–water partition coefficient (Wildman–Crippen LogP) is 2.19. The van der Waals surface area contributed by atoms with Gasteiger partial charge in [0.15, 0.2) is 0 Å². The zero-order valence-electron chi connectivity index (χ0n) is 11.1. The third-order valence-corrected chi connectivity index (χ3v) is 2.86. The standard InChI is InChI=1S/C14H19N3O/c1-4-11(3)16-9-14(18)17-13-7-12(8-15)6-5-10(13)2/h5-7,11,16H,4,9H2,1-3H3,(H,17,18). The molecule has 1 aromatic carbocycles. The van der Waals surface area contributed by atoms with Crippen molar-refractivity contribution in [3.63, 3.8) is 0 Å². The van der Waals surface area contributed by atoms with Gasteiger partial charge in [0.25, 0.3) is 0 Å². The molecule has 1 atom stereocenters. The van der Waals surface area contributed by atoms with Crippen molar-refractivity contribution in [2.75, 3.05) is 11.9 Å². The minimum absolute atomic E-state index is 0.0894. The van der Waals surface area contributed by atoms with Crippen molar-refractivity contribution in [2.24, 2.45) is 0 Å². The number of carbonyl (C=O) groups is 1. The quantitative estimate of drug-likeness (QED) is 0.835. The van der Waals surface area contributed by atoms with Crippen LogP contribution in [0.25, 0.3) is 0 Å². The molecule has 0 fully saturated rings. The van der Waals surface area contributed by atoms with Crippen LogP contribution in [0.5, 0.6) is 0 Å². The van der Waals surface area contributed by atoms with Gasteiger partial charge in [-0.1, -0.05) is 13.0 Å². The molecule has 18 heavy (non-hydrogen) atoms. The maximum atomic E-state index is 11.7. The zero-order valence-corrected chi connectivity index (χ0v) is 11.1. The number of hydrogen-bond acceptors (Lipinski definition) is 3. The number of nitriles is 1. The topological polar surface area (TPSA) is 64.9 Å². The first-order valence-corrected chi connectivity index (χ1v) is 6.10. The molecular formula is C14H19N3O. The van der Waals surface area contributed by atoms with E-state index >= 15 is 0 Å². The molecule has 0 saturated carbocycles. The Morgan fingerprint density at radius 3 is 2.83 bits per heavy atom. The molecule has 0 aliphatic heterocycles. The summed E-state index contributed by atoms with van der Waals surface area (Å²) in [4.78, 5) is 11.7. The fourth-order valence-corrected chi connectivity index (χ4v) is 1.43. The summed E-state index contributed by atoms with van der Waals surface area (Å²) in [6.45, 7) is 6.29. The molecule has 0 saturated heterocycles. The maximum absolute atomic E-state index is 11.7. The van der Waals surface area contributed by atoms with Crippen LogP contribution in [-0.4, -0.2) is 18.5 Å². The molecular weight excluding hydrogens is 226 g/mol. The molecule has 1 aromatic rings. The second-order valence-electron chi connectivity index (χ2n) is 4.38. The van der Waals surface area contributed by atoms with Crippen molar-refractivity contribution >= 4 is 11.6 Å². The van der Waals surface area contributed by atoms with Crippen molar-refractivity contribution in [3.05, 3.63) is 29.3 Å². The zero-order chi connectivity index (χ0) is 13.5. The van der Waals surface area contributed by atoms with Gasteiger partial charge in [-0.2, -0.15) is 5.26 Å². The number of anilines is 1. The Kier molecular flexibility index (Phi) is 5.34. The van der Waals surface area contributed by atoms with Crippen LogP contribution >= 0.6 is 0 Å². The highest BCUT2D eigenvalue weighted by molar-refractivity contribution is 5.93. The van der Waals surface area contributed by atoms with Crippen LogP contribution in [0.3, 0.4) is 0 Å². The number of rotatable bonds is 5. The Morgan fingerprint density at radius 1 is 1.50 bits per heavy atom. The molecule has 0 aliphatic rings. The maximum Gasteiger partial charge on any atom is 0.238 e. The van der Waals surface area contributed by atoms with Gasteiger partial charge in [-0.05, 0) is 38.0 Å². The smallest absolute Gasteiger partial charge is 0.238 e. The van der Waals surface area contributed by atoms with Crippen LogP contribution in [0.2, 0.25) is 0 Å². The van der Waals surface area contributed by atoms with Gasteiger partial charge in [0, 0.05) is 11.7 Å². The number of carbonyl (C=O) groups excluding carboxylic acids is 1. The molecule has 96 valence electrons. The summed E-state index contributed by atoms with van der Waals surface area (Å²) in [5.74, 6) is -0.0894. The summed E-state index contributed by atoms with van der Waals surface area (Å²) < 4.78 is 0. The van der Waals surface area contributed by atoms with Gasteiger partial charge in [-0.25, -0.2) is 0 Å². The number of nitrogens with zero attached hydrogens (tertiary/aromatic N) is 1. The lowest BCUT2D eigenvalue weighted by Gasteiger charge is -2.12. The molecule has 0 spiro atoms. The molecule has 4 nitrogen and oxygen atoms in total. The largest absolute Gasteiger partial charge is 0.325 e. The van der Waals surface area contributed by atoms with Crippen LogP contribution in [0.1, 0.15) is 31.4 Å². The van der Waals surface area contributed by atoms with E-state index in [9.17, 15) is 4.79 Å². The van der Waals surface area contributed by atoms with E-state index < -0.39 is 0 Å². The van der Waals surface area contributed by atoms with Crippen LogP contribution in [0, 0.1) is 18.3 Å². The van der Waals surface area contributed by atoms with Gasteiger partial charge in [0.1, 0.15) is 0 Å². The first-order chi connectivity index (χ1) is 8.56. The lowest BCUT2D eigenvalue weighted by atomic mass is 10.1. The van der Waals surface area contributed by atoms with Crippen LogP contribution in [0.15, 0.2) is 18.2 Å². The minimum atomic E-state index is -0.0894. The van der Waals surface area contributed by atoms with E-state index in [-0.39, 0.29) is 12.5 Å². The Bertz CT molecular complexity index is 463. The number of benzene rings is 1. The van der Waals surface area contributed by atoms with Gasteiger partial charge in [-0.3, -0.25) is 4.79 Å². The van der Waals surface area contributed by atoms with Gasteiger partial charge in [0.2, 0.25) is 5.91 Å². The number of hydrogen-bond donors (Lipinski definition) is 2. The number of aryl methyl sites for hydroxylation is 1. The lowest BCUT2D eigenvalue weighted by molar-refractivity contribution is -0.115. The van der Waals surface area contributed by atoms with E-state index in [4.69, 9.17) is 5.26 Å². The van der Waals surface area contributed by atoms with E-state index in [1.807, 2.05) is 19.9 Å². The van der Waals surface area contributed by atoms with Gasteiger partial charge >= 0.3 is 0 Å². The monoisotopic (exact) mass is 245 g/mol. The van der Waals surface area contributed by atoms with Gasteiger partial charge in [-0.15, -0.1) is 0 Å². The van der Waals surface area contributed by atoms with Gasteiger partial charge in [0.05, 0.1) is 18.2 Å². The molecule has 1 rings (SSSR count). The number of nitrogens with one attached hydrogen (secondary N) is 2. The van der Waals surface area contributed by atoms with Crippen molar-refractivity contribution in [1.82, 2.24) is 5.32 Å². The second-order valence-corrected chi connectivity index (χ2v) is 4.38. The van der Waals surface area contributed by atoms with Crippen LogP contribution in [0.4, 0.5) is 5.69 Å². The SMILES string of the molecule is CCC(C)NCC(=O)Nc1cc(C#N)ccc1C. The average Bonchev–Trinajstić information content (AvgIpc) is 2.38. The average molecular weight is 245 g/mol. The van der Waals surface area contributed by atoms with Crippen LogP contribution in [-0.2, 0) is 4.79 Å². The second kappa shape index (κ2) is 6.77. The molecule has 2 N–H and O–H groups in total. The molecule has 0 bridgehead atoms. The summed E-state index contributed by atoms with van der Waals surface area (Å²) in [6.07, 6.45) is 0.982. The summed E-state index contributed by atoms with van der Waals surface area (Å²) in [5, 5.41) is 14.8. The fraction of sp³-hybridized carbons (Fsp3) is 0.429. The van der Waals surface area contributed by atoms with E-state index in [2.05, 4.69) is 23.6 Å². The van der Waals surface area contributed by atoms with Crippen molar-refractivity contribution in [2.45, 2.75) is 33.2 Å². The highest BCUT2D eigenvalue weighted by Gasteiger charge is 2.07. The van der Waals surface area contributed by atoms with Crippen LogP contribution < -0.4 is 10.6 Å². The van der Waals surface area contributed by atoms with Crippen molar-refractivity contribution in [3.8, 4) is 6.07 Å². The highest BCUT2D eigenvalue weighted by Crippen LogP contribution is 2.16. The minimum Gasteiger partial charge on any atom is -0.325 e. The van der Waals surface area contributed by atoms with E-state index in [0.29, 0.717) is 17.3 Å². The Morgan fingerprint density at radius 2 is 2.22 bits per heavy atom. The molecule has 0 heterocycles. The Labute approximate surface area is 108 Å². The Balaban J connectivity index is 2.62. The summed E-state index contributed by atoms with van der Waals surface area (Å²) in [6, 6.07) is 7.64. The van der Waals surface area contributed by atoms with E-state index in [1.165, 1.54) is 0 Å². The first-order valence-electron chi connectivity index (χ1n) is 6.10. The first kappa shape index (κ1) is 14.2. The molecule has 1 amide bonds. The molecule has 0 aliphatic carbocycles. The van der Waals surface area contributed by atoms with Gasteiger partial charge < -0.3 is 10.6 Å². The van der Waals surface area contributed by atoms with E-state index in [1.54, 1.807) is 12.1 Å². The third-order valence-electron chi connectivity index (χ3n) is 2.86. The highest BCUT2D eigenvalue weighted by atomic mass is 16.1. The fourth-order valence-electron chi connectivity index (χ4n) is 1.43. The number of amides is 1.